The predicted octanol–water partition coefficient (Wildman–Crippen LogP) is 3.81. The van der Waals surface area contributed by atoms with Gasteiger partial charge in [0.15, 0.2) is 5.82 Å². The van der Waals surface area contributed by atoms with E-state index >= 15 is 0 Å². The molecule has 19 heavy (non-hydrogen) atoms. The maximum Gasteiger partial charge on any atom is 0.152 e. The zero-order valence-corrected chi connectivity index (χ0v) is 12.3. The lowest BCUT2D eigenvalue weighted by atomic mass is 10.0. The Morgan fingerprint density at radius 1 is 1.00 bits per heavy atom. The fourth-order valence-electron chi connectivity index (χ4n) is 2.07. The minimum atomic E-state index is 0.842. The van der Waals surface area contributed by atoms with E-state index < -0.39 is 0 Å². The van der Waals surface area contributed by atoms with E-state index in [1.807, 2.05) is 13.8 Å². The zero-order valence-electron chi connectivity index (χ0n) is 12.3. The van der Waals surface area contributed by atoms with E-state index in [9.17, 15) is 0 Å². The van der Waals surface area contributed by atoms with Crippen LogP contribution < -0.4 is 5.32 Å². The fraction of sp³-hybridized carbons (Fsp3) is 0.375. The summed E-state index contributed by atoms with van der Waals surface area (Å²) in [6.07, 6.45) is 0. The van der Waals surface area contributed by atoms with Gasteiger partial charge in [0.1, 0.15) is 5.69 Å². The number of aromatic nitrogens is 2. The van der Waals surface area contributed by atoms with E-state index in [0.29, 0.717) is 0 Å². The smallest absolute Gasteiger partial charge is 0.152 e. The molecule has 3 heteroatoms. The SMILES string of the molecule is CCNc1nc(C)c(C)nc1-c1cc(C)ccc1C. The highest BCUT2D eigenvalue weighted by Gasteiger charge is 2.12. The average molecular weight is 255 g/mol. The molecule has 1 aromatic carbocycles. The topological polar surface area (TPSA) is 37.8 Å². The van der Waals surface area contributed by atoms with Crippen LogP contribution in [0.4, 0.5) is 5.82 Å². The van der Waals surface area contributed by atoms with E-state index in [2.05, 4.69) is 49.3 Å². The molecule has 0 aliphatic rings. The van der Waals surface area contributed by atoms with Crippen LogP contribution in [0.15, 0.2) is 18.2 Å². The molecule has 0 aliphatic carbocycles. The first-order valence-electron chi connectivity index (χ1n) is 6.69. The monoisotopic (exact) mass is 255 g/mol. The van der Waals surface area contributed by atoms with Gasteiger partial charge < -0.3 is 5.32 Å². The Balaban J connectivity index is 2.66. The Labute approximate surface area is 115 Å². The first-order valence-corrected chi connectivity index (χ1v) is 6.69. The molecule has 0 bridgehead atoms. The maximum absolute atomic E-state index is 4.74. The van der Waals surface area contributed by atoms with E-state index in [0.717, 1.165) is 35.0 Å². The van der Waals surface area contributed by atoms with Crippen molar-refractivity contribution in [3.8, 4) is 11.3 Å². The highest BCUT2D eigenvalue weighted by Crippen LogP contribution is 2.29. The second kappa shape index (κ2) is 5.39. The minimum absolute atomic E-state index is 0.842. The molecule has 0 saturated carbocycles. The lowest BCUT2D eigenvalue weighted by Crippen LogP contribution is -2.06. The lowest BCUT2D eigenvalue weighted by molar-refractivity contribution is 1.03. The molecule has 1 heterocycles. The van der Waals surface area contributed by atoms with Gasteiger partial charge in [-0.2, -0.15) is 0 Å². The van der Waals surface area contributed by atoms with Gasteiger partial charge in [-0.3, -0.25) is 0 Å². The predicted molar refractivity (Wildman–Crippen MR) is 80.6 cm³/mol. The molecule has 3 nitrogen and oxygen atoms in total. The van der Waals surface area contributed by atoms with Gasteiger partial charge >= 0.3 is 0 Å². The third-order valence-electron chi connectivity index (χ3n) is 3.30. The molecule has 1 aromatic heterocycles. The number of nitrogens with one attached hydrogen (secondary N) is 1. The summed E-state index contributed by atoms with van der Waals surface area (Å²) in [5, 5.41) is 3.32. The molecule has 2 aromatic rings. The van der Waals surface area contributed by atoms with Crippen LogP contribution in [-0.2, 0) is 0 Å². The van der Waals surface area contributed by atoms with Gasteiger partial charge in [0.05, 0.1) is 11.4 Å². The maximum atomic E-state index is 4.74. The summed E-state index contributed by atoms with van der Waals surface area (Å²) in [5.41, 5.74) is 6.53. The molecule has 0 radical (unpaired) electrons. The Morgan fingerprint density at radius 2 is 1.68 bits per heavy atom. The highest BCUT2D eigenvalue weighted by molar-refractivity contribution is 5.74. The first kappa shape index (κ1) is 13.5. The Hall–Kier alpha value is -1.90. The van der Waals surface area contributed by atoms with Crippen molar-refractivity contribution in [2.24, 2.45) is 0 Å². The number of nitrogens with zero attached hydrogens (tertiary/aromatic N) is 2. The van der Waals surface area contributed by atoms with E-state index in [4.69, 9.17) is 4.98 Å². The van der Waals surface area contributed by atoms with Gasteiger partial charge in [0.25, 0.3) is 0 Å². The second-order valence-electron chi connectivity index (χ2n) is 4.94. The van der Waals surface area contributed by atoms with Crippen molar-refractivity contribution < 1.29 is 0 Å². The van der Waals surface area contributed by atoms with E-state index in [-0.39, 0.29) is 0 Å². The minimum Gasteiger partial charge on any atom is -0.369 e. The van der Waals surface area contributed by atoms with Crippen LogP contribution in [0.3, 0.4) is 0 Å². The van der Waals surface area contributed by atoms with Gasteiger partial charge in [0, 0.05) is 12.1 Å². The van der Waals surface area contributed by atoms with Crippen LogP contribution in [0.25, 0.3) is 11.3 Å². The number of hydrogen-bond donors (Lipinski definition) is 1. The number of benzene rings is 1. The molecule has 0 spiro atoms. The van der Waals surface area contributed by atoms with Crippen LogP contribution in [0, 0.1) is 27.7 Å². The van der Waals surface area contributed by atoms with Crippen molar-refractivity contribution in [1.82, 2.24) is 9.97 Å². The Bertz CT molecular complexity index is 603. The van der Waals surface area contributed by atoms with Crippen molar-refractivity contribution >= 4 is 5.82 Å². The normalized spacial score (nSPS) is 10.6. The summed E-state index contributed by atoms with van der Waals surface area (Å²) in [5.74, 6) is 0.874. The summed E-state index contributed by atoms with van der Waals surface area (Å²) in [4.78, 5) is 9.37. The number of aryl methyl sites for hydroxylation is 4. The van der Waals surface area contributed by atoms with Gasteiger partial charge in [-0.15, -0.1) is 0 Å². The Morgan fingerprint density at radius 3 is 2.37 bits per heavy atom. The third-order valence-corrected chi connectivity index (χ3v) is 3.30. The van der Waals surface area contributed by atoms with E-state index in [1.165, 1.54) is 11.1 Å². The zero-order chi connectivity index (χ0) is 14.0. The standard InChI is InChI=1S/C16H21N3/c1-6-17-16-15(18-12(4)13(5)19-16)14-9-10(2)7-8-11(14)3/h7-9H,6H2,1-5H3,(H,17,19). The van der Waals surface area contributed by atoms with E-state index in [1.54, 1.807) is 0 Å². The molecule has 100 valence electrons. The second-order valence-corrected chi connectivity index (χ2v) is 4.94. The van der Waals surface area contributed by atoms with Gasteiger partial charge in [0.2, 0.25) is 0 Å². The third kappa shape index (κ3) is 2.75. The Kier molecular flexibility index (Phi) is 3.84. The van der Waals surface area contributed by atoms with Crippen molar-refractivity contribution in [2.75, 3.05) is 11.9 Å². The van der Waals surface area contributed by atoms with Gasteiger partial charge in [-0.1, -0.05) is 17.7 Å². The summed E-state index contributed by atoms with van der Waals surface area (Å²) in [6.45, 7) is 11.1. The van der Waals surface area contributed by atoms with Crippen molar-refractivity contribution in [2.45, 2.75) is 34.6 Å². The molecule has 0 fully saturated rings. The molecule has 0 amide bonds. The summed E-state index contributed by atoms with van der Waals surface area (Å²) in [6, 6.07) is 6.44. The number of rotatable bonds is 3. The summed E-state index contributed by atoms with van der Waals surface area (Å²) in [7, 11) is 0. The van der Waals surface area contributed by atoms with Crippen LogP contribution in [0.1, 0.15) is 29.4 Å². The molecule has 2 rings (SSSR count). The van der Waals surface area contributed by atoms with Crippen LogP contribution in [0.5, 0.6) is 0 Å². The molecular weight excluding hydrogens is 234 g/mol. The quantitative estimate of drug-likeness (QED) is 0.906. The van der Waals surface area contributed by atoms with Crippen LogP contribution in [0.2, 0.25) is 0 Å². The average Bonchev–Trinajstić information content (AvgIpc) is 2.37. The molecule has 0 saturated heterocycles. The van der Waals surface area contributed by atoms with Gasteiger partial charge in [-0.25, -0.2) is 9.97 Å². The molecular formula is C16H21N3. The van der Waals surface area contributed by atoms with Crippen LogP contribution >= 0.6 is 0 Å². The highest BCUT2D eigenvalue weighted by atomic mass is 15.0. The lowest BCUT2D eigenvalue weighted by Gasteiger charge is -2.14. The molecule has 0 aliphatic heterocycles. The molecule has 0 atom stereocenters. The summed E-state index contributed by atoms with van der Waals surface area (Å²) >= 11 is 0. The van der Waals surface area contributed by atoms with Gasteiger partial charge in [-0.05, 0) is 46.2 Å². The first-order chi connectivity index (χ1) is 9.02. The van der Waals surface area contributed by atoms with Crippen molar-refractivity contribution in [3.63, 3.8) is 0 Å². The number of hydrogen-bond acceptors (Lipinski definition) is 3. The van der Waals surface area contributed by atoms with Crippen molar-refractivity contribution in [1.29, 1.82) is 0 Å². The largest absolute Gasteiger partial charge is 0.369 e. The van der Waals surface area contributed by atoms with Crippen LogP contribution in [-0.4, -0.2) is 16.5 Å². The molecule has 0 unspecified atom stereocenters. The van der Waals surface area contributed by atoms with Crippen molar-refractivity contribution in [3.05, 3.63) is 40.7 Å². The molecule has 1 N–H and O–H groups in total. The fourth-order valence-corrected chi connectivity index (χ4v) is 2.07. The number of anilines is 1. The summed E-state index contributed by atoms with van der Waals surface area (Å²) < 4.78 is 0.